The monoisotopic (exact) mass is 396 g/mol. The number of benzene rings is 3. The number of carbonyl (C=O) groups is 1. The lowest BCUT2D eigenvalue weighted by Gasteiger charge is -2.12. The van der Waals surface area contributed by atoms with E-state index in [0.29, 0.717) is 29.0 Å². The second-order valence-electron chi connectivity index (χ2n) is 6.59. The van der Waals surface area contributed by atoms with Gasteiger partial charge in [-0.2, -0.15) is 13.2 Å². The van der Waals surface area contributed by atoms with E-state index < -0.39 is 17.7 Å². The fourth-order valence-corrected chi connectivity index (χ4v) is 3.24. The van der Waals surface area contributed by atoms with Crippen LogP contribution < -0.4 is 0 Å². The second kappa shape index (κ2) is 7.09. The van der Waals surface area contributed by atoms with Gasteiger partial charge in [0.2, 0.25) is 0 Å². The summed E-state index contributed by atoms with van der Waals surface area (Å²) < 4.78 is 41.4. The van der Waals surface area contributed by atoms with Crippen molar-refractivity contribution in [2.24, 2.45) is 0 Å². The van der Waals surface area contributed by atoms with Crippen LogP contribution in [0.3, 0.4) is 0 Å². The Kier molecular flexibility index (Phi) is 4.58. The fraction of sp³-hybridized carbons (Fsp3) is 0.0909. The first-order chi connectivity index (χ1) is 13.8. The minimum atomic E-state index is -4.47. The van der Waals surface area contributed by atoms with Crippen molar-refractivity contribution in [2.75, 3.05) is 0 Å². The number of carboxylic acids is 1. The zero-order valence-corrected chi connectivity index (χ0v) is 15.0. The predicted octanol–water partition coefficient (Wildman–Crippen LogP) is 5.47. The van der Waals surface area contributed by atoms with Crippen molar-refractivity contribution in [3.8, 4) is 11.4 Å². The van der Waals surface area contributed by atoms with Crippen LogP contribution in [-0.2, 0) is 12.7 Å². The molecular formula is C22H15F3N2O2. The zero-order valence-electron chi connectivity index (χ0n) is 15.0. The van der Waals surface area contributed by atoms with Gasteiger partial charge in [0.05, 0.1) is 22.2 Å². The maximum absolute atomic E-state index is 13.2. The smallest absolute Gasteiger partial charge is 0.416 e. The molecule has 0 saturated carbocycles. The van der Waals surface area contributed by atoms with Crippen molar-refractivity contribution < 1.29 is 23.1 Å². The zero-order chi connectivity index (χ0) is 20.6. The van der Waals surface area contributed by atoms with Gasteiger partial charge >= 0.3 is 12.1 Å². The van der Waals surface area contributed by atoms with E-state index in [2.05, 4.69) is 4.98 Å². The molecule has 0 radical (unpaired) electrons. The minimum Gasteiger partial charge on any atom is -0.478 e. The van der Waals surface area contributed by atoms with Crippen LogP contribution in [0.25, 0.3) is 22.4 Å². The number of carboxylic acid groups (broad SMARTS) is 1. The third-order valence-corrected chi connectivity index (χ3v) is 4.63. The van der Waals surface area contributed by atoms with Crippen LogP contribution >= 0.6 is 0 Å². The molecule has 4 nitrogen and oxygen atoms in total. The van der Waals surface area contributed by atoms with E-state index >= 15 is 0 Å². The highest BCUT2D eigenvalue weighted by molar-refractivity contribution is 5.93. The summed E-state index contributed by atoms with van der Waals surface area (Å²) in [4.78, 5) is 15.8. The Labute approximate surface area is 163 Å². The van der Waals surface area contributed by atoms with Gasteiger partial charge < -0.3 is 9.67 Å². The Morgan fingerprint density at radius 2 is 1.72 bits per heavy atom. The Morgan fingerprint density at radius 1 is 0.966 bits per heavy atom. The van der Waals surface area contributed by atoms with Gasteiger partial charge in [0.25, 0.3) is 0 Å². The van der Waals surface area contributed by atoms with Gasteiger partial charge in [-0.05, 0) is 35.9 Å². The standard InChI is InChI=1S/C22H15F3N2O2/c23-22(24,25)17-8-4-7-15(11-17)20-26-18-12-16(21(28)29)9-10-19(18)27(20)13-14-5-2-1-3-6-14/h1-12H,13H2,(H,28,29). The van der Waals surface area contributed by atoms with Gasteiger partial charge in [0.15, 0.2) is 0 Å². The van der Waals surface area contributed by atoms with E-state index in [4.69, 9.17) is 0 Å². The molecule has 1 N–H and O–H groups in total. The number of hydrogen-bond acceptors (Lipinski definition) is 2. The molecule has 0 aliphatic heterocycles. The van der Waals surface area contributed by atoms with Crippen LogP contribution in [0.15, 0.2) is 72.8 Å². The molecule has 4 aromatic rings. The first-order valence-corrected chi connectivity index (χ1v) is 8.78. The highest BCUT2D eigenvalue weighted by atomic mass is 19.4. The molecule has 0 aliphatic rings. The summed E-state index contributed by atoms with van der Waals surface area (Å²) in [6.07, 6.45) is -4.47. The molecule has 4 rings (SSSR count). The maximum atomic E-state index is 13.2. The van der Waals surface area contributed by atoms with Crippen LogP contribution in [0.5, 0.6) is 0 Å². The van der Waals surface area contributed by atoms with E-state index in [9.17, 15) is 23.1 Å². The van der Waals surface area contributed by atoms with Gasteiger partial charge in [-0.15, -0.1) is 0 Å². The van der Waals surface area contributed by atoms with Gasteiger partial charge in [0, 0.05) is 12.1 Å². The maximum Gasteiger partial charge on any atom is 0.416 e. The first-order valence-electron chi connectivity index (χ1n) is 8.78. The second-order valence-corrected chi connectivity index (χ2v) is 6.59. The fourth-order valence-electron chi connectivity index (χ4n) is 3.24. The van der Waals surface area contributed by atoms with Gasteiger partial charge in [-0.3, -0.25) is 0 Å². The number of nitrogens with zero attached hydrogens (tertiary/aromatic N) is 2. The van der Waals surface area contributed by atoms with Crippen molar-refractivity contribution >= 4 is 17.0 Å². The summed E-state index contributed by atoms with van der Waals surface area (Å²) in [5.74, 6) is -0.748. The van der Waals surface area contributed by atoms with E-state index in [1.54, 1.807) is 16.7 Å². The van der Waals surface area contributed by atoms with Crippen molar-refractivity contribution in [2.45, 2.75) is 12.7 Å². The Hall–Kier alpha value is -3.61. The summed E-state index contributed by atoms with van der Waals surface area (Å²) in [7, 11) is 0. The Morgan fingerprint density at radius 3 is 2.41 bits per heavy atom. The molecule has 0 unspecified atom stereocenters. The third-order valence-electron chi connectivity index (χ3n) is 4.63. The Bertz CT molecular complexity index is 1200. The third kappa shape index (κ3) is 3.71. The van der Waals surface area contributed by atoms with E-state index in [1.165, 1.54) is 18.2 Å². The number of aromatic carboxylic acids is 1. The highest BCUT2D eigenvalue weighted by Crippen LogP contribution is 2.33. The molecule has 0 amide bonds. The molecule has 3 aromatic carbocycles. The van der Waals surface area contributed by atoms with Crippen LogP contribution in [0.4, 0.5) is 13.2 Å². The minimum absolute atomic E-state index is 0.0671. The first kappa shape index (κ1) is 18.7. The van der Waals surface area contributed by atoms with Crippen LogP contribution in [0, 0.1) is 0 Å². The van der Waals surface area contributed by atoms with Crippen molar-refractivity contribution in [3.05, 3.63) is 89.5 Å². The van der Waals surface area contributed by atoms with Crippen molar-refractivity contribution in [1.82, 2.24) is 9.55 Å². The molecule has 0 fully saturated rings. The predicted molar refractivity (Wildman–Crippen MR) is 103 cm³/mol. The molecule has 29 heavy (non-hydrogen) atoms. The summed E-state index contributed by atoms with van der Waals surface area (Å²) >= 11 is 0. The number of fused-ring (bicyclic) bond motifs is 1. The van der Waals surface area contributed by atoms with Crippen LogP contribution in [0.1, 0.15) is 21.5 Å². The van der Waals surface area contributed by atoms with Gasteiger partial charge in [-0.1, -0.05) is 42.5 Å². The molecule has 7 heteroatoms. The average molecular weight is 396 g/mol. The molecule has 0 bridgehead atoms. The summed E-state index contributed by atoms with van der Waals surface area (Å²) in [5.41, 5.74) is 1.61. The summed E-state index contributed by atoms with van der Waals surface area (Å²) in [5, 5.41) is 9.24. The Balaban J connectivity index is 1.92. The molecular weight excluding hydrogens is 381 g/mol. The molecule has 1 heterocycles. The van der Waals surface area contributed by atoms with Gasteiger partial charge in [0.1, 0.15) is 5.82 Å². The lowest BCUT2D eigenvalue weighted by molar-refractivity contribution is -0.137. The average Bonchev–Trinajstić information content (AvgIpc) is 3.06. The molecule has 0 aliphatic carbocycles. The van der Waals surface area contributed by atoms with Crippen LogP contribution in [0.2, 0.25) is 0 Å². The van der Waals surface area contributed by atoms with E-state index in [-0.39, 0.29) is 5.56 Å². The lowest BCUT2D eigenvalue weighted by atomic mass is 10.1. The largest absolute Gasteiger partial charge is 0.478 e. The number of aromatic nitrogens is 2. The summed E-state index contributed by atoms with van der Waals surface area (Å²) in [6, 6.07) is 18.9. The molecule has 0 atom stereocenters. The normalized spacial score (nSPS) is 11.7. The van der Waals surface area contributed by atoms with Crippen molar-refractivity contribution in [3.63, 3.8) is 0 Å². The molecule has 1 aromatic heterocycles. The van der Waals surface area contributed by atoms with Crippen molar-refractivity contribution in [1.29, 1.82) is 0 Å². The molecule has 0 spiro atoms. The number of imidazole rings is 1. The topological polar surface area (TPSA) is 55.1 Å². The van der Waals surface area contributed by atoms with Gasteiger partial charge in [-0.25, -0.2) is 9.78 Å². The molecule has 146 valence electrons. The highest BCUT2D eigenvalue weighted by Gasteiger charge is 2.31. The SMILES string of the molecule is O=C(O)c1ccc2c(c1)nc(-c1cccc(C(F)(F)F)c1)n2Cc1ccccc1. The number of alkyl halides is 3. The number of halogens is 3. The lowest BCUT2D eigenvalue weighted by Crippen LogP contribution is -2.06. The van der Waals surface area contributed by atoms with E-state index in [1.807, 2.05) is 30.3 Å². The quantitative estimate of drug-likeness (QED) is 0.498. The van der Waals surface area contributed by atoms with E-state index in [0.717, 1.165) is 17.7 Å². The number of hydrogen-bond donors (Lipinski definition) is 1. The van der Waals surface area contributed by atoms with Crippen LogP contribution in [-0.4, -0.2) is 20.6 Å². The summed E-state index contributed by atoms with van der Waals surface area (Å²) in [6.45, 7) is 0.384. The molecule has 0 saturated heterocycles. The number of rotatable bonds is 4.